The Balaban J connectivity index is 2.70. The first-order valence-electron chi connectivity index (χ1n) is 3.22. The monoisotopic (exact) mass is 180 g/mol. The summed E-state index contributed by atoms with van der Waals surface area (Å²) < 4.78 is 22.0. The molecule has 1 rings (SSSR count). The summed E-state index contributed by atoms with van der Waals surface area (Å²) in [5.41, 5.74) is 4.80. The van der Waals surface area contributed by atoms with E-state index in [-0.39, 0.29) is 23.6 Å². The van der Waals surface area contributed by atoms with E-state index in [1.807, 2.05) is 0 Å². The van der Waals surface area contributed by atoms with Crippen LogP contribution in [0.15, 0.2) is 0 Å². The fourth-order valence-corrected chi connectivity index (χ4v) is 3.06. The minimum absolute atomic E-state index is 0.0539. The summed E-state index contributed by atoms with van der Waals surface area (Å²) in [6.07, 6.45) is 0. The lowest BCUT2D eigenvalue weighted by atomic mass is 10.2. The Labute approximate surface area is 65.2 Å². The van der Waals surface area contributed by atoms with E-state index in [1.165, 1.54) is 0 Å². The van der Waals surface area contributed by atoms with Crippen molar-refractivity contribution in [2.45, 2.75) is 12.1 Å². The first-order chi connectivity index (χ1) is 5.09. The maximum absolute atomic E-state index is 11.0. The van der Waals surface area contributed by atoms with Gasteiger partial charge in [-0.15, -0.1) is 0 Å². The second-order valence-electron chi connectivity index (χ2n) is 2.62. The van der Waals surface area contributed by atoms with Gasteiger partial charge in [0.25, 0.3) is 0 Å². The predicted octanol–water partition coefficient (Wildman–Crippen LogP) is -2.92. The molecule has 11 heavy (non-hydrogen) atoms. The summed E-state index contributed by atoms with van der Waals surface area (Å²) in [6, 6.07) is -0.546. The van der Waals surface area contributed by atoms with Crippen molar-refractivity contribution >= 4 is 9.84 Å². The van der Waals surface area contributed by atoms with Gasteiger partial charge in [0.1, 0.15) is 0 Å². The van der Waals surface area contributed by atoms with Crippen molar-refractivity contribution in [3.8, 4) is 0 Å². The minimum atomic E-state index is -2.95. The van der Waals surface area contributed by atoms with Gasteiger partial charge in [-0.25, -0.2) is 8.42 Å². The third-order valence-electron chi connectivity index (χ3n) is 1.78. The van der Waals surface area contributed by atoms with Gasteiger partial charge in [-0.05, 0) is 0 Å². The highest BCUT2D eigenvalue weighted by atomic mass is 32.2. The summed E-state index contributed by atoms with van der Waals surface area (Å²) in [6.45, 7) is 0. The van der Waals surface area contributed by atoms with E-state index in [2.05, 4.69) is 10.9 Å². The first-order valence-corrected chi connectivity index (χ1v) is 5.04. The molecule has 2 atom stereocenters. The molecule has 1 heterocycles. The van der Waals surface area contributed by atoms with E-state index in [4.69, 9.17) is 11.7 Å². The van der Waals surface area contributed by atoms with Crippen molar-refractivity contribution in [3.63, 3.8) is 0 Å². The maximum atomic E-state index is 11.0. The van der Waals surface area contributed by atoms with Crippen LogP contribution in [0.3, 0.4) is 0 Å². The van der Waals surface area contributed by atoms with Crippen LogP contribution in [0.5, 0.6) is 0 Å². The minimum Gasteiger partial charge on any atom is -0.271 e. The van der Waals surface area contributed by atoms with Gasteiger partial charge in [0.2, 0.25) is 0 Å². The second-order valence-corrected chi connectivity index (χ2v) is 4.78. The predicted molar refractivity (Wildman–Crippen MR) is 40.9 cm³/mol. The zero-order valence-corrected chi connectivity index (χ0v) is 6.76. The van der Waals surface area contributed by atoms with Gasteiger partial charge < -0.3 is 0 Å². The zero-order chi connectivity index (χ0) is 8.48. The van der Waals surface area contributed by atoms with Gasteiger partial charge in [-0.3, -0.25) is 22.5 Å². The molecule has 0 aromatic rings. The normalized spacial score (nSPS) is 35.8. The van der Waals surface area contributed by atoms with Gasteiger partial charge in [0.05, 0.1) is 23.6 Å². The highest BCUT2D eigenvalue weighted by molar-refractivity contribution is 7.91. The second kappa shape index (κ2) is 3.03. The Morgan fingerprint density at radius 2 is 1.45 bits per heavy atom. The van der Waals surface area contributed by atoms with Crippen molar-refractivity contribution in [2.75, 3.05) is 11.5 Å². The molecule has 0 radical (unpaired) electrons. The van der Waals surface area contributed by atoms with Crippen LogP contribution in [-0.4, -0.2) is 32.0 Å². The van der Waals surface area contributed by atoms with Crippen LogP contribution in [0.25, 0.3) is 0 Å². The lowest BCUT2D eigenvalue weighted by Gasteiger charge is -2.14. The molecule has 0 bridgehead atoms. The van der Waals surface area contributed by atoms with E-state index in [0.29, 0.717) is 0 Å². The van der Waals surface area contributed by atoms with Crippen molar-refractivity contribution in [1.29, 1.82) is 0 Å². The number of hydrazine groups is 2. The molecule has 6 nitrogen and oxygen atoms in total. The van der Waals surface area contributed by atoms with Gasteiger partial charge >= 0.3 is 0 Å². The fourth-order valence-electron chi connectivity index (χ4n) is 1.18. The SMILES string of the molecule is NNC1CS(=O)(=O)CC1NN. The van der Waals surface area contributed by atoms with E-state index in [9.17, 15) is 8.42 Å². The number of nitrogens with two attached hydrogens (primary N) is 2. The Morgan fingerprint density at radius 1 is 1.09 bits per heavy atom. The van der Waals surface area contributed by atoms with Crippen LogP contribution in [0.1, 0.15) is 0 Å². The summed E-state index contributed by atoms with van der Waals surface area (Å²) >= 11 is 0. The highest BCUT2D eigenvalue weighted by Crippen LogP contribution is 2.10. The summed E-state index contributed by atoms with van der Waals surface area (Å²) in [7, 11) is -2.95. The van der Waals surface area contributed by atoms with Crippen LogP contribution in [0.2, 0.25) is 0 Å². The van der Waals surface area contributed by atoms with Gasteiger partial charge in [0, 0.05) is 0 Å². The molecule has 1 saturated heterocycles. The van der Waals surface area contributed by atoms with Crippen molar-refractivity contribution in [2.24, 2.45) is 11.7 Å². The highest BCUT2D eigenvalue weighted by Gasteiger charge is 2.36. The number of nitrogens with one attached hydrogen (secondary N) is 2. The molecule has 0 saturated carbocycles. The molecule has 0 aromatic carbocycles. The summed E-state index contributed by atoms with van der Waals surface area (Å²) in [4.78, 5) is 0. The molecule has 7 heteroatoms. The molecule has 0 spiro atoms. The van der Waals surface area contributed by atoms with Crippen molar-refractivity contribution < 1.29 is 8.42 Å². The largest absolute Gasteiger partial charge is 0.271 e. The first kappa shape index (κ1) is 8.88. The number of sulfone groups is 1. The number of hydrogen-bond acceptors (Lipinski definition) is 6. The molecular weight excluding hydrogens is 168 g/mol. The third kappa shape index (κ3) is 1.88. The van der Waals surface area contributed by atoms with Crippen LogP contribution in [-0.2, 0) is 9.84 Å². The Morgan fingerprint density at radius 3 is 1.73 bits per heavy atom. The number of rotatable bonds is 2. The average Bonchev–Trinajstić information content (AvgIpc) is 2.25. The van der Waals surface area contributed by atoms with E-state index >= 15 is 0 Å². The molecular formula is C4H12N4O2S. The van der Waals surface area contributed by atoms with Gasteiger partial charge in [-0.2, -0.15) is 0 Å². The molecule has 6 N–H and O–H groups in total. The Kier molecular flexibility index (Phi) is 2.45. The van der Waals surface area contributed by atoms with Crippen molar-refractivity contribution in [3.05, 3.63) is 0 Å². The van der Waals surface area contributed by atoms with Crippen LogP contribution < -0.4 is 22.5 Å². The van der Waals surface area contributed by atoms with Gasteiger partial charge in [0.15, 0.2) is 9.84 Å². The standard InChI is InChI=1S/C4H12N4O2S/c5-7-3-1-11(9,10)2-4(3)8-6/h3-4,7-8H,1-2,5-6H2. The molecule has 0 aromatic heterocycles. The Bertz CT molecular complexity index is 208. The Hall–Kier alpha value is -0.210. The quantitative estimate of drug-likeness (QED) is 0.268. The molecule has 2 unspecified atom stereocenters. The average molecular weight is 180 g/mol. The molecule has 1 aliphatic rings. The van der Waals surface area contributed by atoms with Crippen LogP contribution >= 0.6 is 0 Å². The van der Waals surface area contributed by atoms with Crippen molar-refractivity contribution in [1.82, 2.24) is 10.9 Å². The molecule has 1 fully saturated rings. The zero-order valence-electron chi connectivity index (χ0n) is 5.95. The summed E-state index contributed by atoms with van der Waals surface area (Å²) in [5, 5.41) is 0. The lowest BCUT2D eigenvalue weighted by Crippen LogP contribution is -2.51. The van der Waals surface area contributed by atoms with Gasteiger partial charge in [-0.1, -0.05) is 0 Å². The maximum Gasteiger partial charge on any atom is 0.153 e. The lowest BCUT2D eigenvalue weighted by molar-refractivity contribution is 0.448. The van der Waals surface area contributed by atoms with E-state index < -0.39 is 9.84 Å². The fraction of sp³-hybridized carbons (Fsp3) is 1.00. The van der Waals surface area contributed by atoms with E-state index in [0.717, 1.165) is 0 Å². The molecule has 1 aliphatic heterocycles. The molecule has 66 valence electrons. The van der Waals surface area contributed by atoms with E-state index in [1.54, 1.807) is 0 Å². The number of hydrogen-bond donors (Lipinski definition) is 4. The van der Waals surface area contributed by atoms with Crippen LogP contribution in [0, 0.1) is 0 Å². The third-order valence-corrected chi connectivity index (χ3v) is 3.51. The topological polar surface area (TPSA) is 110 Å². The van der Waals surface area contributed by atoms with Crippen LogP contribution in [0.4, 0.5) is 0 Å². The molecule has 0 aliphatic carbocycles. The summed E-state index contributed by atoms with van der Waals surface area (Å²) in [5.74, 6) is 10.3. The molecule has 0 amide bonds. The smallest absolute Gasteiger partial charge is 0.153 e.